The van der Waals surface area contributed by atoms with Crippen molar-refractivity contribution in [3.8, 4) is 5.75 Å². The molecule has 1 saturated heterocycles. The molecule has 2 rings (SSSR count). The molecule has 5 nitrogen and oxygen atoms in total. The Hall–Kier alpha value is -1.92. The Morgan fingerprint density at radius 3 is 2.78 bits per heavy atom. The Morgan fingerprint density at radius 2 is 2.13 bits per heavy atom. The van der Waals surface area contributed by atoms with Crippen molar-refractivity contribution >= 4 is 29.3 Å². The summed E-state index contributed by atoms with van der Waals surface area (Å²) in [7, 11) is 3.26. The fourth-order valence-electron chi connectivity index (χ4n) is 2.41. The molecule has 0 spiro atoms. The van der Waals surface area contributed by atoms with Crippen LogP contribution >= 0.6 is 12.2 Å². The Balaban J connectivity index is 2.23. The molecule has 124 valence electrons. The van der Waals surface area contributed by atoms with Crippen LogP contribution in [0, 0.1) is 0 Å². The number of thiocarbonyl (C=S) groups is 1. The van der Waals surface area contributed by atoms with Gasteiger partial charge in [0, 0.05) is 19.2 Å². The maximum Gasteiger partial charge on any atom is 0.276 e. The first-order valence-corrected chi connectivity index (χ1v) is 8.02. The minimum Gasteiger partial charge on any atom is -0.496 e. The van der Waals surface area contributed by atoms with Gasteiger partial charge in [0.05, 0.1) is 13.7 Å². The van der Waals surface area contributed by atoms with Gasteiger partial charge in [-0.25, -0.2) is 0 Å². The lowest BCUT2D eigenvalue weighted by molar-refractivity contribution is -0.122. The maximum absolute atomic E-state index is 12.4. The molecule has 1 aromatic rings. The fraction of sp³-hybridized carbons (Fsp3) is 0.412. The van der Waals surface area contributed by atoms with Gasteiger partial charge in [0.2, 0.25) is 0 Å². The maximum atomic E-state index is 12.4. The summed E-state index contributed by atoms with van der Waals surface area (Å²) >= 11 is 5.24. The van der Waals surface area contributed by atoms with Gasteiger partial charge < -0.3 is 14.8 Å². The summed E-state index contributed by atoms with van der Waals surface area (Å²) in [6, 6.07) is 5.72. The van der Waals surface area contributed by atoms with E-state index in [2.05, 4.69) is 12.2 Å². The van der Waals surface area contributed by atoms with Crippen LogP contribution in [0.4, 0.5) is 0 Å². The molecule has 0 saturated carbocycles. The van der Waals surface area contributed by atoms with E-state index in [4.69, 9.17) is 21.7 Å². The summed E-state index contributed by atoms with van der Waals surface area (Å²) in [5.74, 6) is 0.687. The molecule has 0 radical (unpaired) electrons. The van der Waals surface area contributed by atoms with Crippen LogP contribution in [0.25, 0.3) is 6.08 Å². The van der Waals surface area contributed by atoms with Crippen molar-refractivity contribution < 1.29 is 14.3 Å². The largest absolute Gasteiger partial charge is 0.496 e. The van der Waals surface area contributed by atoms with Gasteiger partial charge in [-0.3, -0.25) is 9.69 Å². The number of nitrogens with one attached hydrogen (secondary N) is 1. The molecule has 0 atom stereocenters. The summed E-state index contributed by atoms with van der Waals surface area (Å²) in [5, 5.41) is 3.47. The number of ether oxygens (including phenoxy) is 2. The summed E-state index contributed by atoms with van der Waals surface area (Å²) in [5.41, 5.74) is 2.33. The smallest absolute Gasteiger partial charge is 0.276 e. The van der Waals surface area contributed by atoms with Crippen molar-refractivity contribution in [1.82, 2.24) is 10.2 Å². The van der Waals surface area contributed by atoms with Crippen molar-refractivity contribution in [2.24, 2.45) is 0 Å². The number of unbranched alkanes of at least 4 members (excludes halogenated alkanes) is 1. The second kappa shape index (κ2) is 8.08. The zero-order chi connectivity index (χ0) is 16.8. The lowest BCUT2D eigenvalue weighted by Gasteiger charge is -2.12. The van der Waals surface area contributed by atoms with Gasteiger partial charge in [-0.15, -0.1) is 0 Å². The van der Waals surface area contributed by atoms with Crippen LogP contribution in [-0.4, -0.2) is 36.7 Å². The highest BCUT2D eigenvalue weighted by atomic mass is 32.1. The van der Waals surface area contributed by atoms with Gasteiger partial charge in [-0.2, -0.15) is 0 Å². The third-order valence-electron chi connectivity index (χ3n) is 3.61. The zero-order valence-electron chi connectivity index (χ0n) is 13.7. The molecule has 1 heterocycles. The van der Waals surface area contributed by atoms with Crippen LogP contribution in [0.15, 0.2) is 23.9 Å². The number of rotatable bonds is 7. The highest BCUT2D eigenvalue weighted by molar-refractivity contribution is 7.80. The van der Waals surface area contributed by atoms with Crippen molar-refractivity contribution in [3.05, 3.63) is 35.0 Å². The second-order valence-corrected chi connectivity index (χ2v) is 5.69. The average Bonchev–Trinajstić information content (AvgIpc) is 2.80. The predicted molar refractivity (Wildman–Crippen MR) is 94.0 cm³/mol. The van der Waals surface area contributed by atoms with E-state index in [0.717, 1.165) is 29.7 Å². The third kappa shape index (κ3) is 4.09. The van der Waals surface area contributed by atoms with Crippen molar-refractivity contribution in [1.29, 1.82) is 0 Å². The minimum absolute atomic E-state index is 0.0763. The topological polar surface area (TPSA) is 50.8 Å². The summed E-state index contributed by atoms with van der Waals surface area (Å²) in [6.45, 7) is 3.18. The van der Waals surface area contributed by atoms with E-state index >= 15 is 0 Å². The molecule has 1 fully saturated rings. The molecular weight excluding hydrogens is 312 g/mol. The molecule has 1 aliphatic rings. The molecule has 1 amide bonds. The lowest BCUT2D eigenvalue weighted by atomic mass is 10.1. The average molecular weight is 334 g/mol. The van der Waals surface area contributed by atoms with Gasteiger partial charge in [-0.1, -0.05) is 19.4 Å². The molecule has 1 N–H and O–H groups in total. The van der Waals surface area contributed by atoms with Gasteiger partial charge in [0.15, 0.2) is 5.11 Å². The normalized spacial score (nSPS) is 16.1. The van der Waals surface area contributed by atoms with E-state index in [0.29, 0.717) is 24.0 Å². The van der Waals surface area contributed by atoms with Crippen LogP contribution in [0.3, 0.4) is 0 Å². The van der Waals surface area contributed by atoms with Crippen molar-refractivity contribution in [2.45, 2.75) is 26.4 Å². The first-order chi connectivity index (χ1) is 11.1. The standard InChI is InChI=1S/C17H22N2O3S/c1-4-5-8-19-16(20)14(18-17(19)23)10-12-6-7-15(22-3)13(9-12)11-21-2/h6-7,9-10H,4-5,8,11H2,1-3H3,(H,18,23)/b14-10+. The van der Waals surface area contributed by atoms with Crippen molar-refractivity contribution in [3.63, 3.8) is 0 Å². The van der Waals surface area contributed by atoms with Gasteiger partial charge in [-0.05, 0) is 42.4 Å². The van der Waals surface area contributed by atoms with Crippen LogP contribution in [0.1, 0.15) is 30.9 Å². The monoisotopic (exact) mass is 334 g/mol. The Bertz CT molecular complexity index is 628. The summed E-state index contributed by atoms with van der Waals surface area (Å²) < 4.78 is 10.5. The number of carbonyl (C=O) groups excluding carboxylic acids is 1. The predicted octanol–water partition coefficient (Wildman–Crippen LogP) is 2.70. The molecule has 0 aliphatic carbocycles. The van der Waals surface area contributed by atoms with E-state index in [9.17, 15) is 4.79 Å². The molecule has 1 aliphatic heterocycles. The van der Waals surface area contributed by atoms with Gasteiger partial charge in [0.25, 0.3) is 5.91 Å². The molecule has 0 aromatic heterocycles. The number of carbonyl (C=O) groups is 1. The minimum atomic E-state index is -0.0763. The van der Waals surface area contributed by atoms with E-state index in [1.54, 1.807) is 25.2 Å². The SMILES string of the molecule is CCCCN1C(=O)/C(=C\c2ccc(OC)c(COC)c2)NC1=S. The first-order valence-electron chi connectivity index (χ1n) is 7.61. The van der Waals surface area contributed by atoms with E-state index in [1.807, 2.05) is 18.2 Å². The molecule has 0 bridgehead atoms. The highest BCUT2D eigenvalue weighted by Crippen LogP contribution is 2.23. The number of hydrogen-bond donors (Lipinski definition) is 1. The Morgan fingerprint density at radius 1 is 1.35 bits per heavy atom. The van der Waals surface area contributed by atoms with Crippen molar-refractivity contribution in [2.75, 3.05) is 20.8 Å². The zero-order valence-corrected chi connectivity index (χ0v) is 14.5. The summed E-state index contributed by atoms with van der Waals surface area (Å²) in [6.07, 6.45) is 3.75. The molecule has 1 aromatic carbocycles. The van der Waals surface area contributed by atoms with Crippen LogP contribution in [-0.2, 0) is 16.1 Å². The van der Waals surface area contributed by atoms with Crippen LogP contribution in [0.2, 0.25) is 0 Å². The Kier molecular flexibility index (Phi) is 6.12. The molecular formula is C17H22N2O3S. The number of hydrogen-bond acceptors (Lipinski definition) is 4. The quantitative estimate of drug-likeness (QED) is 0.614. The first kappa shape index (κ1) is 17.4. The van der Waals surface area contributed by atoms with E-state index in [-0.39, 0.29) is 5.91 Å². The number of amides is 1. The highest BCUT2D eigenvalue weighted by Gasteiger charge is 2.29. The Labute approximate surface area is 142 Å². The van der Waals surface area contributed by atoms with Gasteiger partial charge >= 0.3 is 0 Å². The molecule has 0 unspecified atom stereocenters. The number of nitrogens with zero attached hydrogens (tertiary/aromatic N) is 1. The third-order valence-corrected chi connectivity index (χ3v) is 3.94. The van der Waals surface area contributed by atoms with E-state index in [1.165, 1.54) is 0 Å². The fourth-order valence-corrected chi connectivity index (χ4v) is 2.70. The van der Waals surface area contributed by atoms with E-state index < -0.39 is 0 Å². The molecule has 23 heavy (non-hydrogen) atoms. The van der Waals surface area contributed by atoms with Gasteiger partial charge in [0.1, 0.15) is 11.4 Å². The van der Waals surface area contributed by atoms with Crippen LogP contribution < -0.4 is 10.1 Å². The molecule has 6 heteroatoms. The lowest BCUT2D eigenvalue weighted by Crippen LogP contribution is -2.31. The second-order valence-electron chi connectivity index (χ2n) is 5.30. The number of methoxy groups -OCH3 is 2. The summed E-state index contributed by atoms with van der Waals surface area (Å²) in [4.78, 5) is 14.0. The number of benzene rings is 1. The van der Waals surface area contributed by atoms with Crippen LogP contribution in [0.5, 0.6) is 5.75 Å².